The summed E-state index contributed by atoms with van der Waals surface area (Å²) in [4.78, 5) is 18.7. The highest BCUT2D eigenvalue weighted by Crippen LogP contribution is 2.45. The smallest absolute Gasteiger partial charge is 0.252 e. The van der Waals surface area contributed by atoms with Gasteiger partial charge in [0.05, 0.1) is 6.61 Å². The van der Waals surface area contributed by atoms with Crippen LogP contribution in [0, 0.1) is 0 Å². The van der Waals surface area contributed by atoms with E-state index in [4.69, 9.17) is 42.8 Å². The van der Waals surface area contributed by atoms with E-state index in [0.29, 0.717) is 52.4 Å². The molecule has 2 N–H and O–H groups in total. The molecule has 37 heavy (non-hydrogen) atoms. The molecule has 1 aliphatic rings. The highest BCUT2D eigenvalue weighted by Gasteiger charge is 2.53. The fourth-order valence-corrected chi connectivity index (χ4v) is 4.67. The van der Waals surface area contributed by atoms with Crippen molar-refractivity contribution in [3.8, 4) is 5.75 Å². The van der Waals surface area contributed by atoms with Crippen molar-refractivity contribution >= 4 is 35.0 Å². The molecular formula is C29H28Cl2N2O4. The molecule has 0 bridgehead atoms. The second kappa shape index (κ2) is 12.3. The third-order valence-electron chi connectivity index (χ3n) is 6.03. The first-order valence-corrected chi connectivity index (χ1v) is 12.7. The van der Waals surface area contributed by atoms with E-state index in [1.807, 2.05) is 42.5 Å². The van der Waals surface area contributed by atoms with Crippen LogP contribution in [0.1, 0.15) is 35.6 Å². The molecule has 2 atom stereocenters. The van der Waals surface area contributed by atoms with Crippen molar-refractivity contribution in [1.82, 2.24) is 5.32 Å². The first kappa shape index (κ1) is 26.7. The van der Waals surface area contributed by atoms with Crippen LogP contribution in [0.15, 0.2) is 90.4 Å². The Kier molecular flexibility index (Phi) is 8.87. The molecule has 0 unspecified atom stereocenters. The fraction of sp³-hybridized carbons (Fsp3) is 0.241. The van der Waals surface area contributed by atoms with Gasteiger partial charge >= 0.3 is 0 Å². The standard InChI is InChI=1S/C29H28Cl2N2O4/c1-2-15-29(28(35)32-19-20-7-4-3-5-8-20)26(24-14-11-22(30)18-25(24)31)37-27(33-29)21-9-12-23(13-10-21)36-17-6-16-34/h2-5,7-14,18,26,34H,1,6,15-17,19H2,(H,32,35)/t26-,29-/m1/s1. The summed E-state index contributed by atoms with van der Waals surface area (Å²) >= 11 is 12.7. The van der Waals surface area contributed by atoms with Crippen LogP contribution in [-0.2, 0) is 16.1 Å². The zero-order valence-corrected chi connectivity index (χ0v) is 21.7. The molecule has 1 heterocycles. The second-order valence-electron chi connectivity index (χ2n) is 8.62. The maximum absolute atomic E-state index is 13.8. The van der Waals surface area contributed by atoms with Crippen LogP contribution >= 0.6 is 23.2 Å². The molecule has 0 spiro atoms. The van der Waals surface area contributed by atoms with E-state index in [1.165, 1.54) is 0 Å². The van der Waals surface area contributed by atoms with E-state index < -0.39 is 11.6 Å². The van der Waals surface area contributed by atoms with Gasteiger partial charge in [-0.3, -0.25) is 4.79 Å². The van der Waals surface area contributed by atoms with Gasteiger partial charge in [-0.05, 0) is 42.0 Å². The lowest BCUT2D eigenvalue weighted by Gasteiger charge is -2.30. The van der Waals surface area contributed by atoms with Gasteiger partial charge in [0.25, 0.3) is 5.91 Å². The SMILES string of the molecule is C=CC[C@@]1(C(=O)NCc2ccccc2)N=C(c2ccc(OCCCO)cc2)O[C@@H]1c1ccc(Cl)cc1Cl. The number of carbonyl (C=O) groups excluding carboxylic acids is 1. The average Bonchev–Trinajstić information content (AvgIpc) is 3.29. The second-order valence-corrected chi connectivity index (χ2v) is 9.46. The number of nitrogens with one attached hydrogen (secondary N) is 1. The Hall–Kier alpha value is -3.32. The molecule has 3 aromatic carbocycles. The third kappa shape index (κ3) is 6.16. The maximum atomic E-state index is 13.8. The molecule has 4 rings (SSSR count). The van der Waals surface area contributed by atoms with E-state index in [-0.39, 0.29) is 18.9 Å². The molecule has 1 amide bonds. The van der Waals surface area contributed by atoms with E-state index in [0.717, 1.165) is 5.56 Å². The summed E-state index contributed by atoms with van der Waals surface area (Å²) < 4.78 is 12.0. The van der Waals surface area contributed by atoms with E-state index in [2.05, 4.69) is 11.9 Å². The third-order valence-corrected chi connectivity index (χ3v) is 6.59. The summed E-state index contributed by atoms with van der Waals surface area (Å²) in [5.74, 6) is 0.673. The Labute approximate surface area is 226 Å². The lowest BCUT2D eigenvalue weighted by molar-refractivity contribution is -0.129. The van der Waals surface area contributed by atoms with E-state index in [9.17, 15) is 4.79 Å². The number of hydrogen-bond acceptors (Lipinski definition) is 5. The molecule has 6 nitrogen and oxygen atoms in total. The van der Waals surface area contributed by atoms with Crippen molar-refractivity contribution in [1.29, 1.82) is 0 Å². The summed E-state index contributed by atoms with van der Waals surface area (Å²) in [6.07, 6.45) is 1.63. The minimum absolute atomic E-state index is 0.0646. The first-order chi connectivity index (χ1) is 18.0. The molecule has 1 aliphatic heterocycles. The Morgan fingerprint density at radius 1 is 1.14 bits per heavy atom. The summed E-state index contributed by atoms with van der Waals surface area (Å²) in [6, 6.07) is 22.0. The van der Waals surface area contributed by atoms with Gasteiger partial charge in [0.15, 0.2) is 11.6 Å². The van der Waals surface area contributed by atoms with E-state index >= 15 is 0 Å². The summed E-state index contributed by atoms with van der Waals surface area (Å²) in [5.41, 5.74) is 0.919. The van der Waals surface area contributed by atoms with Gasteiger partial charge in [0.2, 0.25) is 5.90 Å². The number of hydrogen-bond donors (Lipinski definition) is 2. The van der Waals surface area contributed by atoms with Gasteiger partial charge < -0.3 is 19.9 Å². The van der Waals surface area contributed by atoms with E-state index in [1.54, 1.807) is 36.4 Å². The average molecular weight is 539 g/mol. The number of aliphatic imine (C=N–C) groups is 1. The predicted octanol–water partition coefficient (Wildman–Crippen LogP) is 5.90. The minimum Gasteiger partial charge on any atom is -0.494 e. The molecule has 0 fully saturated rings. The largest absolute Gasteiger partial charge is 0.494 e. The zero-order valence-electron chi connectivity index (χ0n) is 20.2. The van der Waals surface area contributed by atoms with Crippen molar-refractivity contribution in [3.63, 3.8) is 0 Å². The van der Waals surface area contributed by atoms with Crippen LogP contribution in [0.5, 0.6) is 5.75 Å². The number of carbonyl (C=O) groups is 1. The number of nitrogens with zero attached hydrogens (tertiary/aromatic N) is 1. The fourth-order valence-electron chi connectivity index (χ4n) is 4.16. The topological polar surface area (TPSA) is 80.2 Å². The quantitative estimate of drug-likeness (QED) is 0.235. The number of ether oxygens (including phenoxy) is 2. The summed E-state index contributed by atoms with van der Waals surface area (Å²) in [6.45, 7) is 4.70. The zero-order chi connectivity index (χ0) is 26.3. The van der Waals surface area contributed by atoms with Gasteiger partial charge in [-0.15, -0.1) is 6.58 Å². The van der Waals surface area contributed by atoms with Gasteiger partial charge in [-0.2, -0.15) is 0 Å². The van der Waals surface area contributed by atoms with Crippen LogP contribution in [0.2, 0.25) is 10.0 Å². The first-order valence-electron chi connectivity index (χ1n) is 12.0. The molecular weight excluding hydrogens is 511 g/mol. The molecule has 0 saturated heterocycles. The van der Waals surface area contributed by atoms with Gasteiger partial charge in [-0.1, -0.05) is 65.7 Å². The van der Waals surface area contributed by atoms with Crippen molar-refractivity contribution < 1.29 is 19.4 Å². The highest BCUT2D eigenvalue weighted by atomic mass is 35.5. The maximum Gasteiger partial charge on any atom is 0.252 e. The number of halogens is 2. The Morgan fingerprint density at radius 2 is 1.89 bits per heavy atom. The van der Waals surface area contributed by atoms with Crippen LogP contribution < -0.4 is 10.1 Å². The van der Waals surface area contributed by atoms with Crippen LogP contribution in [0.3, 0.4) is 0 Å². The summed E-state index contributed by atoms with van der Waals surface area (Å²) in [5, 5.41) is 12.8. The highest BCUT2D eigenvalue weighted by molar-refractivity contribution is 6.35. The normalized spacial score (nSPS) is 18.6. The van der Waals surface area contributed by atoms with Gasteiger partial charge in [0, 0.05) is 47.2 Å². The Bertz CT molecular complexity index is 1260. The molecule has 192 valence electrons. The number of aliphatic hydroxyl groups is 1. The molecule has 0 saturated carbocycles. The molecule has 0 radical (unpaired) electrons. The Balaban J connectivity index is 1.69. The van der Waals surface area contributed by atoms with Crippen molar-refractivity contribution in [3.05, 3.63) is 112 Å². The van der Waals surface area contributed by atoms with Crippen LogP contribution in [-0.4, -0.2) is 35.7 Å². The van der Waals surface area contributed by atoms with Crippen LogP contribution in [0.25, 0.3) is 0 Å². The number of amides is 1. The van der Waals surface area contributed by atoms with Crippen molar-refractivity contribution in [2.45, 2.75) is 31.0 Å². The lowest BCUT2D eigenvalue weighted by atomic mass is 9.84. The van der Waals surface area contributed by atoms with Gasteiger partial charge in [0.1, 0.15) is 5.75 Å². The predicted molar refractivity (Wildman–Crippen MR) is 146 cm³/mol. The van der Waals surface area contributed by atoms with Crippen molar-refractivity contribution in [2.75, 3.05) is 13.2 Å². The molecule has 3 aromatic rings. The summed E-state index contributed by atoms with van der Waals surface area (Å²) in [7, 11) is 0. The molecule has 0 aliphatic carbocycles. The minimum atomic E-state index is -1.33. The number of benzene rings is 3. The lowest BCUT2D eigenvalue weighted by Crippen LogP contribution is -2.47. The molecule has 0 aromatic heterocycles. The molecule has 8 heteroatoms. The van der Waals surface area contributed by atoms with Crippen molar-refractivity contribution in [2.24, 2.45) is 4.99 Å². The number of aliphatic hydroxyl groups excluding tert-OH is 1. The monoisotopic (exact) mass is 538 g/mol. The van der Waals surface area contributed by atoms with Gasteiger partial charge in [-0.25, -0.2) is 4.99 Å². The van der Waals surface area contributed by atoms with Crippen LogP contribution in [0.4, 0.5) is 0 Å². The Morgan fingerprint density at radius 3 is 2.57 bits per heavy atom. The number of rotatable bonds is 11.